The summed E-state index contributed by atoms with van der Waals surface area (Å²) in [5.74, 6) is 0.371. The summed E-state index contributed by atoms with van der Waals surface area (Å²) < 4.78 is 25.4. The van der Waals surface area contributed by atoms with Crippen molar-refractivity contribution in [2.45, 2.75) is 31.4 Å². The first-order valence-electron chi connectivity index (χ1n) is 5.09. The highest BCUT2D eigenvalue weighted by atomic mass is 32.2. The fourth-order valence-corrected chi connectivity index (χ4v) is 2.33. The molecule has 84 valence electrons. The van der Waals surface area contributed by atoms with Crippen LogP contribution in [0.2, 0.25) is 0 Å². The average molecular weight is 228 g/mol. The van der Waals surface area contributed by atoms with Crippen LogP contribution in [0.4, 0.5) is 0 Å². The van der Waals surface area contributed by atoms with Crippen LogP contribution in [0.15, 0.2) is 12.2 Å². The summed E-state index contributed by atoms with van der Waals surface area (Å²) in [6, 6.07) is 1.73. The van der Waals surface area contributed by atoms with Crippen LogP contribution in [0.3, 0.4) is 0 Å². The summed E-state index contributed by atoms with van der Waals surface area (Å²) in [5, 5.41) is 7.55. The van der Waals surface area contributed by atoms with Gasteiger partial charge in [-0.1, -0.05) is 12.2 Å². The molecule has 0 heterocycles. The molecule has 0 amide bonds. The second-order valence-electron chi connectivity index (χ2n) is 3.82. The average Bonchev–Trinajstić information content (AvgIpc) is 2.27. The smallest absolute Gasteiger partial charge is 0.214 e. The summed E-state index contributed by atoms with van der Waals surface area (Å²) in [4.78, 5) is 0. The minimum atomic E-state index is -3.44. The Hall–Kier alpha value is -0.860. The van der Waals surface area contributed by atoms with Gasteiger partial charge < -0.3 is 0 Å². The van der Waals surface area contributed by atoms with Crippen LogP contribution in [-0.4, -0.2) is 20.2 Å². The van der Waals surface area contributed by atoms with Gasteiger partial charge in [-0.2, -0.15) is 5.26 Å². The van der Waals surface area contributed by atoms with E-state index in [0.717, 1.165) is 19.3 Å². The van der Waals surface area contributed by atoms with E-state index in [1.807, 2.05) is 0 Å². The Morgan fingerprint density at radius 3 is 2.87 bits per heavy atom. The lowest BCUT2D eigenvalue weighted by atomic mass is 9.95. The number of sulfonamides is 1. The molecule has 0 bridgehead atoms. The molecule has 1 aliphatic carbocycles. The Bertz CT molecular complexity index is 367. The summed E-state index contributed by atoms with van der Waals surface area (Å²) in [7, 11) is -3.44. The summed E-state index contributed by atoms with van der Waals surface area (Å²) in [6.45, 7) is 1.84. The molecule has 0 aromatic rings. The zero-order valence-corrected chi connectivity index (χ0v) is 9.63. The van der Waals surface area contributed by atoms with Crippen molar-refractivity contribution in [3.63, 3.8) is 0 Å². The van der Waals surface area contributed by atoms with E-state index in [9.17, 15) is 8.42 Å². The van der Waals surface area contributed by atoms with Crippen molar-refractivity contribution in [3.8, 4) is 6.07 Å². The van der Waals surface area contributed by atoms with Crippen molar-refractivity contribution in [1.29, 1.82) is 5.26 Å². The second kappa shape index (κ2) is 5.29. The van der Waals surface area contributed by atoms with E-state index >= 15 is 0 Å². The van der Waals surface area contributed by atoms with Gasteiger partial charge in [0.05, 0.1) is 6.07 Å². The Morgan fingerprint density at radius 1 is 1.60 bits per heavy atom. The molecular weight excluding hydrogens is 212 g/mol. The fourth-order valence-electron chi connectivity index (χ4n) is 1.47. The second-order valence-corrected chi connectivity index (χ2v) is 5.90. The quantitative estimate of drug-likeness (QED) is 0.734. The topological polar surface area (TPSA) is 70.0 Å². The predicted octanol–water partition coefficient (Wildman–Crippen LogP) is 1.17. The molecule has 0 spiro atoms. The summed E-state index contributed by atoms with van der Waals surface area (Å²) in [5.41, 5.74) is 0. The van der Waals surface area contributed by atoms with Crippen molar-refractivity contribution in [1.82, 2.24) is 4.72 Å². The molecule has 0 saturated heterocycles. The molecule has 0 aliphatic heterocycles. The van der Waals surface area contributed by atoms with E-state index in [1.165, 1.54) is 6.92 Å². The molecule has 0 radical (unpaired) electrons. The lowest BCUT2D eigenvalue weighted by Gasteiger charge is -2.18. The molecule has 5 heteroatoms. The van der Waals surface area contributed by atoms with Gasteiger partial charge in [-0.25, -0.2) is 13.1 Å². The molecule has 0 aromatic heterocycles. The molecule has 4 nitrogen and oxygen atoms in total. The highest BCUT2D eigenvalue weighted by molar-refractivity contribution is 7.90. The van der Waals surface area contributed by atoms with Gasteiger partial charge >= 0.3 is 0 Å². The molecule has 2 atom stereocenters. The number of allylic oxidation sites excluding steroid dienone is 2. The molecule has 1 aliphatic rings. The van der Waals surface area contributed by atoms with Crippen LogP contribution in [0.5, 0.6) is 0 Å². The fraction of sp³-hybridized carbons (Fsp3) is 0.700. The Balaban J connectivity index is 2.43. The number of hydrogen-bond acceptors (Lipinski definition) is 3. The first kappa shape index (κ1) is 12.2. The van der Waals surface area contributed by atoms with E-state index in [-0.39, 0.29) is 0 Å². The highest BCUT2D eigenvalue weighted by Gasteiger charge is 2.21. The predicted molar refractivity (Wildman–Crippen MR) is 58.5 cm³/mol. The van der Waals surface area contributed by atoms with Gasteiger partial charge in [-0.05, 0) is 32.1 Å². The molecule has 0 fully saturated rings. The van der Waals surface area contributed by atoms with Crippen molar-refractivity contribution < 1.29 is 8.42 Å². The van der Waals surface area contributed by atoms with Crippen molar-refractivity contribution in [2.75, 3.05) is 6.54 Å². The number of nitrogens with zero attached hydrogens (tertiary/aromatic N) is 1. The molecule has 0 aromatic carbocycles. The van der Waals surface area contributed by atoms with Gasteiger partial charge in [0.25, 0.3) is 0 Å². The maximum absolute atomic E-state index is 11.5. The number of hydrogen-bond donors (Lipinski definition) is 1. The molecule has 15 heavy (non-hydrogen) atoms. The van der Waals surface area contributed by atoms with Crippen molar-refractivity contribution in [2.24, 2.45) is 5.92 Å². The lowest BCUT2D eigenvalue weighted by molar-refractivity contribution is 0.467. The zero-order chi connectivity index (χ0) is 11.3. The number of nitrogens with one attached hydrogen (secondary N) is 1. The maximum Gasteiger partial charge on any atom is 0.227 e. The van der Waals surface area contributed by atoms with Crippen LogP contribution in [0, 0.1) is 17.2 Å². The van der Waals surface area contributed by atoms with Crippen LogP contribution >= 0.6 is 0 Å². The summed E-state index contributed by atoms with van der Waals surface area (Å²) in [6.07, 6.45) is 7.14. The molecule has 2 unspecified atom stereocenters. The van der Waals surface area contributed by atoms with E-state index in [1.54, 1.807) is 6.07 Å². The Kier molecular flexibility index (Phi) is 4.30. The van der Waals surface area contributed by atoms with Gasteiger partial charge in [0.2, 0.25) is 10.0 Å². The zero-order valence-electron chi connectivity index (χ0n) is 8.81. The van der Waals surface area contributed by atoms with E-state index in [4.69, 9.17) is 5.26 Å². The summed E-state index contributed by atoms with van der Waals surface area (Å²) >= 11 is 0. The third-order valence-electron chi connectivity index (χ3n) is 2.60. The standard InChI is InChI=1S/C10H16N2O2S/c1-9(7-11)15(13,14)12-8-10-5-3-2-4-6-10/h2-3,9-10,12H,4-6,8H2,1H3. The van der Waals surface area contributed by atoms with Gasteiger partial charge in [-0.3, -0.25) is 0 Å². The normalized spacial score (nSPS) is 23.3. The number of nitriles is 1. The highest BCUT2D eigenvalue weighted by Crippen LogP contribution is 2.17. The van der Waals surface area contributed by atoms with Crippen molar-refractivity contribution >= 4 is 10.0 Å². The number of rotatable bonds is 4. The third kappa shape index (κ3) is 3.65. The SMILES string of the molecule is CC(C#N)S(=O)(=O)NCC1CC=CCC1. The van der Waals surface area contributed by atoms with Crippen LogP contribution in [0.1, 0.15) is 26.2 Å². The Morgan fingerprint density at radius 2 is 2.33 bits per heavy atom. The van der Waals surface area contributed by atoms with E-state index in [2.05, 4.69) is 16.9 Å². The molecule has 0 saturated carbocycles. The first-order chi connectivity index (χ1) is 7.06. The minimum absolute atomic E-state index is 0.371. The molecule has 1 N–H and O–H groups in total. The molecule has 1 rings (SSSR count). The van der Waals surface area contributed by atoms with Crippen LogP contribution < -0.4 is 4.72 Å². The lowest BCUT2D eigenvalue weighted by Crippen LogP contribution is -2.35. The monoisotopic (exact) mass is 228 g/mol. The molecular formula is C10H16N2O2S. The third-order valence-corrected chi connectivity index (χ3v) is 4.20. The van der Waals surface area contributed by atoms with Gasteiger partial charge in [0, 0.05) is 6.54 Å². The van der Waals surface area contributed by atoms with Gasteiger partial charge in [0.1, 0.15) is 0 Å². The Labute approximate surface area is 91.0 Å². The van der Waals surface area contributed by atoms with Gasteiger partial charge in [0.15, 0.2) is 5.25 Å². The van der Waals surface area contributed by atoms with Crippen molar-refractivity contribution in [3.05, 3.63) is 12.2 Å². The van der Waals surface area contributed by atoms with E-state index < -0.39 is 15.3 Å². The van der Waals surface area contributed by atoms with E-state index in [0.29, 0.717) is 12.5 Å². The first-order valence-corrected chi connectivity index (χ1v) is 6.64. The van der Waals surface area contributed by atoms with Crippen LogP contribution in [-0.2, 0) is 10.0 Å². The van der Waals surface area contributed by atoms with Crippen LogP contribution in [0.25, 0.3) is 0 Å². The van der Waals surface area contributed by atoms with Gasteiger partial charge in [-0.15, -0.1) is 0 Å². The minimum Gasteiger partial charge on any atom is -0.214 e. The maximum atomic E-state index is 11.5. The largest absolute Gasteiger partial charge is 0.227 e.